The van der Waals surface area contributed by atoms with Gasteiger partial charge in [-0.3, -0.25) is 0 Å². The third-order valence-corrected chi connectivity index (χ3v) is 2.86. The molecule has 1 aliphatic rings. The first-order chi connectivity index (χ1) is 6.85. The van der Waals surface area contributed by atoms with Crippen LogP contribution in [0, 0.1) is 0 Å². The second-order valence-electron chi connectivity index (χ2n) is 4.15. The van der Waals surface area contributed by atoms with Gasteiger partial charge in [0.15, 0.2) is 0 Å². The number of hydrogen-bond donors (Lipinski definition) is 0. The fourth-order valence-electron chi connectivity index (χ4n) is 1.76. The molecule has 14 heavy (non-hydrogen) atoms. The summed E-state index contributed by atoms with van der Waals surface area (Å²) in [6, 6.07) is 0. The minimum absolute atomic E-state index is 0.472. The highest BCUT2D eigenvalue weighted by Gasteiger charge is 2.30. The molecule has 1 aliphatic carbocycles. The minimum atomic E-state index is 0.472. The molecule has 78 valence electrons. The van der Waals surface area contributed by atoms with Crippen LogP contribution in [0.1, 0.15) is 69.6 Å². The van der Waals surface area contributed by atoms with E-state index in [4.69, 9.17) is 4.42 Å². The molecule has 1 saturated carbocycles. The van der Waals surface area contributed by atoms with Crippen molar-refractivity contribution in [3.8, 4) is 0 Å². The number of aromatic nitrogens is 2. The molecule has 2 rings (SSSR count). The van der Waals surface area contributed by atoms with E-state index in [0.29, 0.717) is 11.8 Å². The van der Waals surface area contributed by atoms with Crippen LogP contribution in [0.5, 0.6) is 0 Å². The summed E-state index contributed by atoms with van der Waals surface area (Å²) in [7, 11) is 0. The van der Waals surface area contributed by atoms with E-state index in [9.17, 15) is 0 Å². The van der Waals surface area contributed by atoms with Gasteiger partial charge >= 0.3 is 0 Å². The van der Waals surface area contributed by atoms with Crippen molar-refractivity contribution in [1.29, 1.82) is 0 Å². The predicted octanol–water partition coefficient (Wildman–Crippen LogP) is 3.24. The van der Waals surface area contributed by atoms with Crippen molar-refractivity contribution in [2.45, 2.75) is 57.8 Å². The SMILES string of the molecule is CCCC(CC)c1nnc(C2CC2)o1. The summed E-state index contributed by atoms with van der Waals surface area (Å²) < 4.78 is 5.69. The highest BCUT2D eigenvalue weighted by Crippen LogP contribution is 2.39. The first kappa shape index (κ1) is 9.69. The van der Waals surface area contributed by atoms with Crippen LogP contribution in [0.4, 0.5) is 0 Å². The topological polar surface area (TPSA) is 38.9 Å². The molecule has 1 atom stereocenters. The lowest BCUT2D eigenvalue weighted by Gasteiger charge is -2.07. The number of hydrogen-bond acceptors (Lipinski definition) is 3. The van der Waals surface area contributed by atoms with Crippen LogP contribution < -0.4 is 0 Å². The molecule has 0 radical (unpaired) electrons. The summed E-state index contributed by atoms with van der Waals surface area (Å²) in [5.74, 6) is 2.78. The van der Waals surface area contributed by atoms with Crippen LogP contribution >= 0.6 is 0 Å². The molecule has 1 heterocycles. The molecule has 0 aliphatic heterocycles. The van der Waals surface area contributed by atoms with Crippen molar-refractivity contribution in [2.24, 2.45) is 0 Å². The molecule has 0 bridgehead atoms. The van der Waals surface area contributed by atoms with Crippen LogP contribution in [0.15, 0.2) is 4.42 Å². The van der Waals surface area contributed by atoms with Gasteiger partial charge in [-0.15, -0.1) is 10.2 Å². The van der Waals surface area contributed by atoms with Gasteiger partial charge in [0.2, 0.25) is 11.8 Å². The third kappa shape index (κ3) is 1.97. The van der Waals surface area contributed by atoms with Gasteiger partial charge in [0.1, 0.15) is 0 Å². The summed E-state index contributed by atoms with van der Waals surface area (Å²) >= 11 is 0. The van der Waals surface area contributed by atoms with E-state index in [-0.39, 0.29) is 0 Å². The molecule has 3 nitrogen and oxygen atoms in total. The Hall–Kier alpha value is -0.860. The lowest BCUT2D eigenvalue weighted by atomic mass is 10.0. The number of rotatable bonds is 5. The predicted molar refractivity (Wildman–Crippen MR) is 54.2 cm³/mol. The highest BCUT2D eigenvalue weighted by molar-refractivity contribution is 5.01. The van der Waals surface area contributed by atoms with Crippen LogP contribution in [-0.4, -0.2) is 10.2 Å². The molecule has 0 aromatic carbocycles. The largest absolute Gasteiger partial charge is 0.425 e. The molecule has 0 amide bonds. The second kappa shape index (κ2) is 4.11. The van der Waals surface area contributed by atoms with Gasteiger partial charge < -0.3 is 4.42 Å². The Morgan fingerprint density at radius 2 is 2.14 bits per heavy atom. The van der Waals surface area contributed by atoms with Crippen molar-refractivity contribution >= 4 is 0 Å². The highest BCUT2D eigenvalue weighted by atomic mass is 16.4. The van der Waals surface area contributed by atoms with E-state index in [2.05, 4.69) is 24.0 Å². The molecule has 1 fully saturated rings. The molecule has 0 saturated heterocycles. The van der Waals surface area contributed by atoms with Gasteiger partial charge in [-0.1, -0.05) is 20.3 Å². The molecule has 0 spiro atoms. The van der Waals surface area contributed by atoms with E-state index >= 15 is 0 Å². The van der Waals surface area contributed by atoms with Gasteiger partial charge in [0.25, 0.3) is 0 Å². The van der Waals surface area contributed by atoms with Crippen LogP contribution in [0.3, 0.4) is 0 Å². The third-order valence-electron chi connectivity index (χ3n) is 2.86. The van der Waals surface area contributed by atoms with E-state index in [1.807, 2.05) is 0 Å². The standard InChI is InChI=1S/C11H18N2O/c1-3-5-8(4-2)10-12-13-11(14-10)9-6-7-9/h8-9H,3-7H2,1-2H3. The van der Waals surface area contributed by atoms with Crippen LogP contribution in [0.2, 0.25) is 0 Å². The zero-order valence-electron chi connectivity index (χ0n) is 8.99. The fourth-order valence-corrected chi connectivity index (χ4v) is 1.76. The molecule has 1 aromatic heterocycles. The zero-order chi connectivity index (χ0) is 9.97. The smallest absolute Gasteiger partial charge is 0.219 e. The Balaban J connectivity index is 2.05. The summed E-state index contributed by atoms with van der Waals surface area (Å²) in [4.78, 5) is 0. The minimum Gasteiger partial charge on any atom is -0.425 e. The van der Waals surface area contributed by atoms with Crippen LogP contribution in [-0.2, 0) is 0 Å². The summed E-state index contributed by atoms with van der Waals surface area (Å²) in [5, 5.41) is 8.26. The van der Waals surface area contributed by atoms with Crippen molar-refractivity contribution in [3.63, 3.8) is 0 Å². The maximum Gasteiger partial charge on any atom is 0.219 e. The van der Waals surface area contributed by atoms with Gasteiger partial charge in [-0.2, -0.15) is 0 Å². The normalized spacial score (nSPS) is 18.4. The Morgan fingerprint density at radius 3 is 2.71 bits per heavy atom. The van der Waals surface area contributed by atoms with Gasteiger partial charge in [-0.25, -0.2) is 0 Å². The monoisotopic (exact) mass is 194 g/mol. The summed E-state index contributed by atoms with van der Waals surface area (Å²) in [5.41, 5.74) is 0. The quantitative estimate of drug-likeness (QED) is 0.722. The number of nitrogens with zero attached hydrogens (tertiary/aromatic N) is 2. The molecular weight excluding hydrogens is 176 g/mol. The first-order valence-corrected chi connectivity index (χ1v) is 5.68. The van der Waals surface area contributed by atoms with Crippen molar-refractivity contribution < 1.29 is 4.42 Å². The van der Waals surface area contributed by atoms with Gasteiger partial charge in [-0.05, 0) is 25.7 Å². The molecule has 0 N–H and O–H groups in total. The fraction of sp³-hybridized carbons (Fsp3) is 0.818. The molecule has 1 aromatic rings. The zero-order valence-corrected chi connectivity index (χ0v) is 8.99. The second-order valence-corrected chi connectivity index (χ2v) is 4.15. The summed E-state index contributed by atoms with van der Waals surface area (Å²) in [6.45, 7) is 4.38. The van der Waals surface area contributed by atoms with E-state index in [0.717, 1.165) is 24.6 Å². The van der Waals surface area contributed by atoms with Crippen molar-refractivity contribution in [3.05, 3.63) is 11.8 Å². The van der Waals surface area contributed by atoms with E-state index in [1.54, 1.807) is 0 Å². The Bertz CT molecular complexity index is 291. The lowest BCUT2D eigenvalue weighted by molar-refractivity contribution is 0.397. The summed E-state index contributed by atoms with van der Waals surface area (Å²) in [6.07, 6.45) is 5.89. The molecular formula is C11H18N2O. The molecule has 3 heteroatoms. The Morgan fingerprint density at radius 1 is 1.36 bits per heavy atom. The van der Waals surface area contributed by atoms with Gasteiger partial charge in [0.05, 0.1) is 0 Å². The lowest BCUT2D eigenvalue weighted by Crippen LogP contribution is -1.96. The first-order valence-electron chi connectivity index (χ1n) is 5.68. The average molecular weight is 194 g/mol. The van der Waals surface area contributed by atoms with Crippen molar-refractivity contribution in [1.82, 2.24) is 10.2 Å². The van der Waals surface area contributed by atoms with Crippen molar-refractivity contribution in [2.75, 3.05) is 0 Å². The van der Waals surface area contributed by atoms with E-state index in [1.165, 1.54) is 19.3 Å². The Labute approximate surface area is 84.9 Å². The molecule has 1 unspecified atom stereocenters. The van der Waals surface area contributed by atoms with E-state index < -0.39 is 0 Å². The van der Waals surface area contributed by atoms with Gasteiger partial charge in [0, 0.05) is 11.8 Å². The average Bonchev–Trinajstić information content (AvgIpc) is 2.94. The maximum absolute atomic E-state index is 5.69. The Kier molecular flexibility index (Phi) is 2.85. The maximum atomic E-state index is 5.69. The van der Waals surface area contributed by atoms with Crippen LogP contribution in [0.25, 0.3) is 0 Å².